The Hall–Kier alpha value is -2.94. The van der Waals surface area contributed by atoms with E-state index in [2.05, 4.69) is 34.0 Å². The summed E-state index contributed by atoms with van der Waals surface area (Å²) in [5.74, 6) is 2.19. The highest BCUT2D eigenvalue weighted by molar-refractivity contribution is 7.99. The Bertz CT molecular complexity index is 1420. The Morgan fingerprint density at radius 2 is 1.81 bits per heavy atom. The van der Waals surface area contributed by atoms with Gasteiger partial charge in [-0.05, 0) is 42.2 Å². The van der Waals surface area contributed by atoms with E-state index < -0.39 is 0 Å². The number of H-pyrrole nitrogens is 1. The maximum absolute atomic E-state index is 13.4. The van der Waals surface area contributed by atoms with Crippen molar-refractivity contribution >= 4 is 33.6 Å². The third-order valence-corrected chi connectivity index (χ3v) is 7.48. The van der Waals surface area contributed by atoms with E-state index >= 15 is 0 Å². The van der Waals surface area contributed by atoms with Crippen molar-refractivity contribution in [1.29, 1.82) is 0 Å². The fourth-order valence-electron chi connectivity index (χ4n) is 4.75. The van der Waals surface area contributed by atoms with Crippen LogP contribution in [0.25, 0.3) is 27.8 Å². The normalized spacial score (nSPS) is 21.4. The number of aromatic amines is 1. The Labute approximate surface area is 189 Å². The minimum Gasteiger partial charge on any atom is -0.312 e. The van der Waals surface area contributed by atoms with Crippen molar-refractivity contribution in [2.24, 2.45) is 11.8 Å². The molecule has 8 nitrogen and oxygen atoms in total. The van der Waals surface area contributed by atoms with Gasteiger partial charge in [0.1, 0.15) is 0 Å². The second-order valence-electron chi connectivity index (χ2n) is 8.58. The number of hydrogen-bond acceptors (Lipinski definition) is 6. The molecule has 4 aromatic rings. The van der Waals surface area contributed by atoms with Crippen LogP contribution >= 0.6 is 11.8 Å². The van der Waals surface area contributed by atoms with E-state index in [1.165, 1.54) is 22.7 Å². The summed E-state index contributed by atoms with van der Waals surface area (Å²) in [6, 6.07) is 5.51. The van der Waals surface area contributed by atoms with E-state index in [1.54, 1.807) is 18.3 Å². The highest BCUT2D eigenvalue weighted by Crippen LogP contribution is 2.37. The van der Waals surface area contributed by atoms with Crippen LogP contribution in [0.4, 0.5) is 0 Å². The molecule has 0 radical (unpaired) electrons. The van der Waals surface area contributed by atoms with Crippen LogP contribution in [0.3, 0.4) is 0 Å². The Morgan fingerprint density at radius 3 is 2.59 bits per heavy atom. The molecule has 4 aromatic heterocycles. The van der Waals surface area contributed by atoms with Gasteiger partial charge in [0.25, 0.3) is 11.1 Å². The fourth-order valence-corrected chi connectivity index (χ4v) is 5.27. The van der Waals surface area contributed by atoms with Crippen molar-refractivity contribution in [1.82, 2.24) is 29.3 Å². The van der Waals surface area contributed by atoms with Crippen LogP contribution in [0.15, 0.2) is 45.3 Å². The molecule has 0 spiro atoms. The van der Waals surface area contributed by atoms with Gasteiger partial charge in [-0.25, -0.2) is 10.1 Å². The Morgan fingerprint density at radius 1 is 1.06 bits per heavy atom. The van der Waals surface area contributed by atoms with E-state index in [9.17, 15) is 9.59 Å². The van der Waals surface area contributed by atoms with Gasteiger partial charge in [-0.1, -0.05) is 45.4 Å². The molecule has 9 heteroatoms. The summed E-state index contributed by atoms with van der Waals surface area (Å²) in [5.41, 5.74) is 0.793. The summed E-state index contributed by atoms with van der Waals surface area (Å²) in [6.07, 6.45) is 6.82. The van der Waals surface area contributed by atoms with Crippen molar-refractivity contribution in [3.8, 4) is 5.95 Å². The van der Waals surface area contributed by atoms with Gasteiger partial charge < -0.3 is 4.57 Å². The van der Waals surface area contributed by atoms with E-state index in [4.69, 9.17) is 0 Å². The molecule has 5 rings (SSSR count). The zero-order chi connectivity index (χ0) is 22.4. The molecule has 32 heavy (non-hydrogen) atoms. The first kappa shape index (κ1) is 20.9. The Kier molecular flexibility index (Phi) is 5.36. The molecule has 0 aliphatic heterocycles. The number of thioether (sulfide) groups is 1. The van der Waals surface area contributed by atoms with Crippen LogP contribution < -0.4 is 11.1 Å². The number of hydrogen-bond donors (Lipinski definition) is 1. The van der Waals surface area contributed by atoms with Crippen LogP contribution in [0.5, 0.6) is 0 Å². The zero-order valence-electron chi connectivity index (χ0n) is 18.4. The summed E-state index contributed by atoms with van der Waals surface area (Å²) in [6.45, 7) is 6.50. The summed E-state index contributed by atoms with van der Waals surface area (Å²) in [5, 5.41) is 8.41. The standard InChI is InChI=1S/C23H26N6O2S/c1-4-32-23-25-22(26-27-23)29-11-9-18-16(21(29)31)12-15-17(24-18)8-10-28(20(15)30)19-7-5-6-13(2)14(19)3/h8-14,19H,4-7H2,1-3H3,(H,25,26,27). The van der Waals surface area contributed by atoms with Gasteiger partial charge in [0.05, 0.1) is 21.8 Å². The first-order chi connectivity index (χ1) is 15.5. The monoisotopic (exact) mass is 450 g/mol. The number of pyridine rings is 3. The topological polar surface area (TPSA) is 98.5 Å². The van der Waals surface area contributed by atoms with Gasteiger partial charge >= 0.3 is 0 Å². The van der Waals surface area contributed by atoms with Gasteiger partial charge in [0.2, 0.25) is 11.1 Å². The molecule has 4 heterocycles. The van der Waals surface area contributed by atoms with Gasteiger partial charge in [0.15, 0.2) is 0 Å². The lowest BCUT2D eigenvalue weighted by Gasteiger charge is -2.35. The van der Waals surface area contributed by atoms with Crippen LogP contribution in [0.1, 0.15) is 46.1 Å². The number of aromatic nitrogens is 6. The third-order valence-electron chi connectivity index (χ3n) is 6.75. The van der Waals surface area contributed by atoms with Crippen LogP contribution in [0.2, 0.25) is 0 Å². The predicted molar refractivity (Wildman–Crippen MR) is 127 cm³/mol. The molecule has 3 atom stereocenters. The minimum absolute atomic E-state index is 0.0843. The van der Waals surface area contributed by atoms with Crippen molar-refractivity contribution in [3.05, 3.63) is 51.3 Å². The summed E-state index contributed by atoms with van der Waals surface area (Å²) < 4.78 is 3.26. The molecular weight excluding hydrogens is 424 g/mol. The SMILES string of the molecule is CCSc1n[nH]c(-n2ccc3nc4ccn(C5CCCC(C)C5C)c(=O)c4cc3c2=O)n1. The van der Waals surface area contributed by atoms with Crippen molar-refractivity contribution in [2.45, 2.75) is 51.2 Å². The quantitative estimate of drug-likeness (QED) is 0.374. The molecule has 1 saturated carbocycles. The molecule has 1 aliphatic carbocycles. The van der Waals surface area contributed by atoms with Gasteiger partial charge in [-0.3, -0.25) is 14.2 Å². The highest BCUT2D eigenvalue weighted by Gasteiger charge is 2.29. The number of nitrogens with zero attached hydrogens (tertiary/aromatic N) is 5. The van der Waals surface area contributed by atoms with Gasteiger partial charge in [-0.2, -0.15) is 4.98 Å². The summed E-state index contributed by atoms with van der Waals surface area (Å²) >= 11 is 1.49. The average molecular weight is 451 g/mol. The Balaban J connectivity index is 1.65. The van der Waals surface area contributed by atoms with Crippen LogP contribution in [-0.4, -0.2) is 35.1 Å². The fraction of sp³-hybridized carbons (Fsp3) is 0.435. The summed E-state index contributed by atoms with van der Waals surface area (Å²) in [4.78, 5) is 35.7. The lowest BCUT2D eigenvalue weighted by Crippen LogP contribution is -2.33. The average Bonchev–Trinajstić information content (AvgIpc) is 3.24. The molecule has 0 aromatic carbocycles. The van der Waals surface area contributed by atoms with Gasteiger partial charge in [0, 0.05) is 18.4 Å². The molecule has 166 valence electrons. The highest BCUT2D eigenvalue weighted by atomic mass is 32.2. The first-order valence-corrected chi connectivity index (χ1v) is 12.1. The molecule has 0 saturated heterocycles. The second kappa shape index (κ2) is 8.20. The maximum Gasteiger partial charge on any atom is 0.266 e. The smallest absolute Gasteiger partial charge is 0.266 e. The predicted octanol–water partition coefficient (Wildman–Crippen LogP) is 3.93. The zero-order valence-corrected chi connectivity index (χ0v) is 19.2. The molecule has 0 amide bonds. The summed E-state index contributed by atoms with van der Waals surface area (Å²) in [7, 11) is 0. The van der Waals surface area contributed by atoms with E-state index in [0.29, 0.717) is 44.7 Å². The minimum atomic E-state index is -0.282. The lowest BCUT2D eigenvalue weighted by atomic mass is 9.78. The van der Waals surface area contributed by atoms with Crippen molar-refractivity contribution < 1.29 is 0 Å². The van der Waals surface area contributed by atoms with Crippen LogP contribution in [0, 0.1) is 11.8 Å². The van der Waals surface area contributed by atoms with Crippen molar-refractivity contribution in [2.75, 3.05) is 5.75 Å². The molecule has 1 aliphatic rings. The maximum atomic E-state index is 13.4. The molecule has 1 fully saturated rings. The number of rotatable bonds is 4. The number of nitrogens with one attached hydrogen (secondary N) is 1. The molecular formula is C23H26N6O2S. The second-order valence-corrected chi connectivity index (χ2v) is 9.81. The third kappa shape index (κ3) is 3.44. The van der Waals surface area contributed by atoms with Crippen LogP contribution in [-0.2, 0) is 0 Å². The molecule has 0 bridgehead atoms. The molecule has 1 N–H and O–H groups in total. The van der Waals surface area contributed by atoms with E-state index in [1.807, 2.05) is 23.8 Å². The largest absolute Gasteiger partial charge is 0.312 e. The van der Waals surface area contributed by atoms with Gasteiger partial charge in [-0.15, -0.1) is 5.10 Å². The van der Waals surface area contributed by atoms with Crippen molar-refractivity contribution in [3.63, 3.8) is 0 Å². The molecule has 3 unspecified atom stereocenters. The lowest BCUT2D eigenvalue weighted by molar-refractivity contribution is 0.183. The van der Waals surface area contributed by atoms with E-state index in [0.717, 1.165) is 18.6 Å². The van der Waals surface area contributed by atoms with E-state index in [-0.39, 0.29) is 17.2 Å². The number of fused-ring (bicyclic) bond motifs is 2. The first-order valence-electron chi connectivity index (χ1n) is 11.1.